The van der Waals surface area contributed by atoms with Crippen LogP contribution in [0, 0.1) is 5.92 Å². The standard InChI is InChI=1S/C14H25F3N2O/c1-3-12-8-18-13(2,11-4-5-11)9-19(12)6-7-20-10-14(15,16)17/h11-12,18H,3-10H2,1-2H3. The number of nitrogens with zero attached hydrogens (tertiary/aromatic N) is 1. The van der Waals surface area contributed by atoms with Crippen LogP contribution in [0.1, 0.15) is 33.1 Å². The quantitative estimate of drug-likeness (QED) is 0.761. The van der Waals surface area contributed by atoms with E-state index in [1.54, 1.807) is 0 Å². The van der Waals surface area contributed by atoms with Crippen molar-refractivity contribution in [3.05, 3.63) is 0 Å². The van der Waals surface area contributed by atoms with Crippen LogP contribution in [0.5, 0.6) is 0 Å². The van der Waals surface area contributed by atoms with Crippen molar-refractivity contribution in [1.29, 1.82) is 0 Å². The van der Waals surface area contributed by atoms with E-state index < -0.39 is 12.8 Å². The van der Waals surface area contributed by atoms with Gasteiger partial charge >= 0.3 is 6.18 Å². The Kier molecular flexibility index (Phi) is 4.97. The molecule has 0 aromatic heterocycles. The topological polar surface area (TPSA) is 24.5 Å². The summed E-state index contributed by atoms with van der Waals surface area (Å²) in [5, 5.41) is 3.64. The van der Waals surface area contributed by atoms with Gasteiger partial charge in [0, 0.05) is 31.2 Å². The van der Waals surface area contributed by atoms with Crippen molar-refractivity contribution in [3.63, 3.8) is 0 Å². The number of nitrogens with one attached hydrogen (secondary N) is 1. The van der Waals surface area contributed by atoms with Crippen molar-refractivity contribution in [2.45, 2.75) is 50.9 Å². The Morgan fingerprint density at radius 1 is 1.35 bits per heavy atom. The fraction of sp³-hybridized carbons (Fsp3) is 1.00. The van der Waals surface area contributed by atoms with Gasteiger partial charge in [0.05, 0.1) is 6.61 Å². The average molecular weight is 294 g/mol. The van der Waals surface area contributed by atoms with Gasteiger partial charge in [-0.15, -0.1) is 0 Å². The molecule has 2 aliphatic rings. The molecule has 2 fully saturated rings. The monoisotopic (exact) mass is 294 g/mol. The zero-order chi connectivity index (χ0) is 14.8. The van der Waals surface area contributed by atoms with Crippen LogP contribution < -0.4 is 5.32 Å². The van der Waals surface area contributed by atoms with E-state index in [1.165, 1.54) is 12.8 Å². The van der Waals surface area contributed by atoms with Crippen molar-refractivity contribution in [2.24, 2.45) is 5.92 Å². The second-order valence-electron chi connectivity index (χ2n) is 6.27. The largest absolute Gasteiger partial charge is 0.411 e. The van der Waals surface area contributed by atoms with Crippen molar-refractivity contribution >= 4 is 0 Å². The Balaban J connectivity index is 1.80. The summed E-state index contributed by atoms with van der Waals surface area (Å²) in [7, 11) is 0. The molecule has 20 heavy (non-hydrogen) atoms. The molecule has 0 aromatic carbocycles. The highest BCUT2D eigenvalue weighted by atomic mass is 19.4. The molecular weight excluding hydrogens is 269 g/mol. The summed E-state index contributed by atoms with van der Waals surface area (Å²) in [5.74, 6) is 0.721. The molecule has 1 saturated carbocycles. The SMILES string of the molecule is CCC1CNC(C)(C2CC2)CN1CCOCC(F)(F)F. The Morgan fingerprint density at radius 3 is 2.60 bits per heavy atom. The minimum atomic E-state index is -4.23. The molecule has 0 amide bonds. The number of ether oxygens (including phenoxy) is 1. The molecule has 1 aliphatic carbocycles. The molecule has 1 heterocycles. The molecule has 2 unspecified atom stereocenters. The normalized spacial score (nSPS) is 32.5. The van der Waals surface area contributed by atoms with Crippen molar-refractivity contribution in [2.75, 3.05) is 32.8 Å². The van der Waals surface area contributed by atoms with E-state index in [2.05, 4.69) is 24.1 Å². The maximum absolute atomic E-state index is 12.1. The van der Waals surface area contributed by atoms with Gasteiger partial charge in [-0.1, -0.05) is 6.92 Å². The molecular formula is C14H25F3N2O. The van der Waals surface area contributed by atoms with Crippen LogP contribution in [-0.4, -0.2) is 55.5 Å². The van der Waals surface area contributed by atoms with Gasteiger partial charge < -0.3 is 10.1 Å². The highest BCUT2D eigenvalue weighted by Gasteiger charge is 2.45. The molecule has 118 valence electrons. The average Bonchev–Trinajstić information content (AvgIpc) is 3.18. The first-order chi connectivity index (χ1) is 9.34. The Bertz CT molecular complexity index is 320. The van der Waals surface area contributed by atoms with Crippen LogP contribution in [0.3, 0.4) is 0 Å². The smallest absolute Gasteiger partial charge is 0.371 e. The van der Waals surface area contributed by atoms with E-state index in [4.69, 9.17) is 4.74 Å². The highest BCUT2D eigenvalue weighted by Crippen LogP contribution is 2.41. The summed E-state index contributed by atoms with van der Waals surface area (Å²) in [5.41, 5.74) is 0.121. The second kappa shape index (κ2) is 6.20. The summed E-state index contributed by atoms with van der Waals surface area (Å²) in [6, 6.07) is 0.399. The first-order valence-electron chi connectivity index (χ1n) is 7.47. The summed E-state index contributed by atoms with van der Waals surface area (Å²) < 4.78 is 40.9. The molecule has 2 atom stereocenters. The number of halogens is 3. The van der Waals surface area contributed by atoms with Gasteiger partial charge in [0.1, 0.15) is 6.61 Å². The molecule has 1 saturated heterocycles. The maximum atomic E-state index is 12.1. The van der Waals surface area contributed by atoms with Crippen molar-refractivity contribution in [1.82, 2.24) is 10.2 Å². The van der Waals surface area contributed by atoms with E-state index in [0.29, 0.717) is 12.6 Å². The number of hydrogen-bond acceptors (Lipinski definition) is 3. The summed E-state index contributed by atoms with van der Waals surface area (Å²) >= 11 is 0. The third-order valence-electron chi connectivity index (χ3n) is 4.53. The predicted octanol–water partition coefficient (Wildman–Crippen LogP) is 2.42. The van der Waals surface area contributed by atoms with Gasteiger partial charge in [0.15, 0.2) is 0 Å². The first kappa shape index (κ1) is 16.0. The summed E-state index contributed by atoms with van der Waals surface area (Å²) in [6.07, 6.45) is -0.694. The van der Waals surface area contributed by atoms with Crippen LogP contribution >= 0.6 is 0 Å². The van der Waals surface area contributed by atoms with E-state index in [1.807, 2.05) is 0 Å². The van der Waals surface area contributed by atoms with Crippen LogP contribution in [0.25, 0.3) is 0 Å². The lowest BCUT2D eigenvalue weighted by Gasteiger charge is -2.46. The zero-order valence-electron chi connectivity index (χ0n) is 12.3. The van der Waals surface area contributed by atoms with Crippen molar-refractivity contribution < 1.29 is 17.9 Å². The van der Waals surface area contributed by atoms with Gasteiger partial charge in [-0.2, -0.15) is 13.2 Å². The third kappa shape index (κ3) is 4.33. The number of rotatable bonds is 6. The molecule has 0 spiro atoms. The molecule has 0 bridgehead atoms. The van der Waals surface area contributed by atoms with Crippen LogP contribution in [-0.2, 0) is 4.74 Å². The fourth-order valence-electron chi connectivity index (χ4n) is 3.11. The lowest BCUT2D eigenvalue weighted by molar-refractivity contribution is -0.175. The molecule has 1 N–H and O–H groups in total. The number of hydrogen-bond donors (Lipinski definition) is 1. The summed E-state index contributed by atoms with van der Waals surface area (Å²) in [4.78, 5) is 2.30. The summed E-state index contributed by atoms with van der Waals surface area (Å²) in [6.45, 7) is 5.77. The molecule has 6 heteroatoms. The predicted molar refractivity (Wildman–Crippen MR) is 71.7 cm³/mol. The first-order valence-corrected chi connectivity index (χ1v) is 7.47. The Labute approximate surface area is 118 Å². The van der Waals surface area contributed by atoms with Crippen LogP contribution in [0.2, 0.25) is 0 Å². The van der Waals surface area contributed by atoms with E-state index >= 15 is 0 Å². The minimum absolute atomic E-state index is 0.121. The molecule has 1 aliphatic heterocycles. The second-order valence-corrected chi connectivity index (χ2v) is 6.27. The lowest BCUT2D eigenvalue weighted by atomic mass is 9.90. The molecule has 0 aromatic rings. The van der Waals surface area contributed by atoms with Gasteiger partial charge in [0.2, 0.25) is 0 Å². The highest BCUT2D eigenvalue weighted by molar-refractivity contribution is 5.03. The maximum Gasteiger partial charge on any atom is 0.411 e. The van der Waals surface area contributed by atoms with Gasteiger partial charge in [-0.25, -0.2) is 0 Å². The van der Waals surface area contributed by atoms with Crippen molar-refractivity contribution in [3.8, 4) is 0 Å². The fourth-order valence-corrected chi connectivity index (χ4v) is 3.11. The van der Waals surface area contributed by atoms with Gasteiger partial charge in [-0.05, 0) is 32.1 Å². The van der Waals surface area contributed by atoms with Crippen LogP contribution in [0.15, 0.2) is 0 Å². The van der Waals surface area contributed by atoms with E-state index in [9.17, 15) is 13.2 Å². The number of alkyl halides is 3. The zero-order valence-corrected chi connectivity index (χ0v) is 12.3. The lowest BCUT2D eigenvalue weighted by Crippen LogP contribution is -2.64. The van der Waals surface area contributed by atoms with Crippen LogP contribution in [0.4, 0.5) is 13.2 Å². The molecule has 0 radical (unpaired) electrons. The third-order valence-corrected chi connectivity index (χ3v) is 4.53. The Hall–Kier alpha value is -0.330. The van der Waals surface area contributed by atoms with E-state index in [0.717, 1.165) is 25.4 Å². The molecule has 3 nitrogen and oxygen atoms in total. The molecule has 2 rings (SSSR count). The van der Waals surface area contributed by atoms with Gasteiger partial charge in [-0.3, -0.25) is 4.90 Å². The minimum Gasteiger partial charge on any atom is -0.371 e. The van der Waals surface area contributed by atoms with Gasteiger partial charge in [0.25, 0.3) is 0 Å². The number of piperazine rings is 1. The Morgan fingerprint density at radius 2 is 2.05 bits per heavy atom. The van der Waals surface area contributed by atoms with E-state index in [-0.39, 0.29) is 12.1 Å².